The van der Waals surface area contributed by atoms with Crippen LogP contribution in [0.3, 0.4) is 0 Å². The summed E-state index contributed by atoms with van der Waals surface area (Å²) in [5.41, 5.74) is 15.2. The van der Waals surface area contributed by atoms with Gasteiger partial charge in [0.25, 0.3) is 0 Å². The van der Waals surface area contributed by atoms with Gasteiger partial charge in [-0.1, -0.05) is 170 Å². The van der Waals surface area contributed by atoms with Crippen LogP contribution in [-0.2, 0) is 5.41 Å². The van der Waals surface area contributed by atoms with Crippen molar-refractivity contribution >= 4 is 43.5 Å². The molecule has 0 fully saturated rings. The highest BCUT2D eigenvalue weighted by Gasteiger charge is 2.51. The van der Waals surface area contributed by atoms with Gasteiger partial charge in [-0.25, -0.2) is 15.0 Å². The number of fused-ring (bicyclic) bond motifs is 16. The van der Waals surface area contributed by atoms with Crippen molar-refractivity contribution in [3.8, 4) is 56.4 Å². The third-order valence-corrected chi connectivity index (χ3v) is 12.7. The number of aromatic nitrogens is 3. The summed E-state index contributed by atoms with van der Waals surface area (Å²) in [6.45, 7) is 0. The number of ether oxygens (including phenoxy) is 1. The summed E-state index contributed by atoms with van der Waals surface area (Å²) in [7, 11) is 0. The highest BCUT2D eigenvalue weighted by atomic mass is 16.5. The Bertz CT molecular complexity index is 3530. The normalized spacial score (nSPS) is 13.3. The molecule has 278 valence electrons. The third-order valence-electron chi connectivity index (χ3n) is 12.7. The van der Waals surface area contributed by atoms with Gasteiger partial charge in [0.1, 0.15) is 11.5 Å². The summed E-state index contributed by atoms with van der Waals surface area (Å²) >= 11 is 0. The Morgan fingerprint density at radius 1 is 0.383 bits per heavy atom. The number of para-hydroxylation sites is 1. The Morgan fingerprint density at radius 2 is 0.950 bits per heavy atom. The van der Waals surface area contributed by atoms with Crippen molar-refractivity contribution in [2.24, 2.45) is 0 Å². The van der Waals surface area contributed by atoms with E-state index in [0.29, 0.717) is 0 Å². The molecule has 8 aromatic carbocycles. The molecule has 60 heavy (non-hydrogen) atoms. The first-order valence-electron chi connectivity index (χ1n) is 20.4. The molecule has 13 rings (SSSR count). The molecule has 1 aliphatic carbocycles. The topological polar surface area (TPSA) is 47.9 Å². The molecule has 11 aromatic rings. The van der Waals surface area contributed by atoms with Crippen molar-refractivity contribution in [3.05, 3.63) is 222 Å². The summed E-state index contributed by atoms with van der Waals surface area (Å²) in [5.74, 6) is 1.71. The number of pyridine rings is 3. The second-order valence-corrected chi connectivity index (χ2v) is 15.8. The average Bonchev–Trinajstić information content (AvgIpc) is 3.61. The zero-order valence-corrected chi connectivity index (χ0v) is 32.3. The lowest BCUT2D eigenvalue weighted by Gasteiger charge is -2.40. The lowest BCUT2D eigenvalue weighted by Crippen LogP contribution is -2.32. The van der Waals surface area contributed by atoms with Crippen LogP contribution in [0, 0.1) is 0 Å². The highest BCUT2D eigenvalue weighted by molar-refractivity contribution is 6.16. The monoisotopic (exact) mass is 763 g/mol. The molecule has 0 N–H and O–H groups in total. The number of nitrogens with zero attached hydrogens (tertiary/aromatic N) is 3. The minimum absolute atomic E-state index is 0.585. The molecule has 4 heterocycles. The van der Waals surface area contributed by atoms with Gasteiger partial charge < -0.3 is 4.74 Å². The maximum absolute atomic E-state index is 7.25. The number of hydrogen-bond donors (Lipinski definition) is 0. The van der Waals surface area contributed by atoms with Crippen molar-refractivity contribution in [1.29, 1.82) is 0 Å². The van der Waals surface area contributed by atoms with E-state index in [1.165, 1.54) is 22.3 Å². The SMILES string of the molecule is c1ccc(-c2ccc3ccc4ccc(-c5ccc6nc(-c7ccccc7)c7ccc8c(c7c6c5)Oc5ccccc5C85c6ccccc6-c6ccccc65)nc4c3n2)cc1. The van der Waals surface area contributed by atoms with Gasteiger partial charge in [-0.15, -0.1) is 0 Å². The molecule has 1 aliphatic heterocycles. The lowest BCUT2D eigenvalue weighted by molar-refractivity contribution is 0.442. The Labute approximate surface area is 346 Å². The van der Waals surface area contributed by atoms with Gasteiger partial charge in [0.2, 0.25) is 0 Å². The van der Waals surface area contributed by atoms with E-state index < -0.39 is 5.41 Å². The molecule has 3 aromatic heterocycles. The quantitative estimate of drug-likeness (QED) is 0.168. The molecule has 0 bridgehead atoms. The summed E-state index contributed by atoms with van der Waals surface area (Å²) in [4.78, 5) is 16.0. The van der Waals surface area contributed by atoms with Crippen LogP contribution in [0.1, 0.15) is 22.3 Å². The zero-order valence-electron chi connectivity index (χ0n) is 32.3. The average molecular weight is 764 g/mol. The molecule has 0 radical (unpaired) electrons. The van der Waals surface area contributed by atoms with Gasteiger partial charge in [-0.2, -0.15) is 0 Å². The van der Waals surface area contributed by atoms with Crippen LogP contribution in [-0.4, -0.2) is 15.0 Å². The van der Waals surface area contributed by atoms with Crippen LogP contribution in [0.4, 0.5) is 0 Å². The van der Waals surface area contributed by atoms with Crippen LogP contribution in [0.2, 0.25) is 0 Å². The second-order valence-electron chi connectivity index (χ2n) is 15.8. The summed E-state index contributed by atoms with van der Waals surface area (Å²) in [6.07, 6.45) is 0. The first-order chi connectivity index (χ1) is 29.7. The van der Waals surface area contributed by atoms with E-state index in [-0.39, 0.29) is 0 Å². The standard InChI is InChI=1S/C56H33N3O/c1-3-13-34(14-4-1)47-30-25-36-23-24-37-26-31-48(58-54(37)53(36)57-47)38-27-32-49-42(33-38)51-41(52(59-49)35-15-5-2-6-16-35)28-29-46-55(51)60-50-22-12-11-21-45(50)56(46)43-19-9-7-17-39(43)40-18-8-10-20-44(40)56/h1-33H. The van der Waals surface area contributed by atoms with E-state index in [0.717, 1.165) is 99.9 Å². The molecule has 0 unspecified atom stereocenters. The van der Waals surface area contributed by atoms with Gasteiger partial charge >= 0.3 is 0 Å². The molecule has 0 saturated carbocycles. The van der Waals surface area contributed by atoms with Gasteiger partial charge in [0, 0.05) is 54.7 Å². The van der Waals surface area contributed by atoms with Crippen molar-refractivity contribution in [3.63, 3.8) is 0 Å². The predicted octanol–water partition coefficient (Wildman–Crippen LogP) is 14.0. The van der Waals surface area contributed by atoms with Crippen molar-refractivity contribution in [1.82, 2.24) is 15.0 Å². The van der Waals surface area contributed by atoms with Crippen LogP contribution in [0.25, 0.3) is 88.4 Å². The lowest BCUT2D eigenvalue weighted by atomic mass is 9.65. The van der Waals surface area contributed by atoms with Gasteiger partial charge in [0.15, 0.2) is 0 Å². The molecule has 4 nitrogen and oxygen atoms in total. The van der Waals surface area contributed by atoms with Crippen LogP contribution in [0.15, 0.2) is 200 Å². The minimum Gasteiger partial charge on any atom is -0.456 e. The smallest absolute Gasteiger partial charge is 0.140 e. The Morgan fingerprint density at radius 3 is 1.63 bits per heavy atom. The largest absolute Gasteiger partial charge is 0.456 e. The van der Waals surface area contributed by atoms with Crippen molar-refractivity contribution in [2.75, 3.05) is 0 Å². The van der Waals surface area contributed by atoms with Crippen molar-refractivity contribution < 1.29 is 4.74 Å². The van der Waals surface area contributed by atoms with Crippen LogP contribution < -0.4 is 4.74 Å². The van der Waals surface area contributed by atoms with Gasteiger partial charge in [-0.3, -0.25) is 0 Å². The molecule has 4 heteroatoms. The Kier molecular flexibility index (Phi) is 6.90. The molecule has 2 aliphatic rings. The fourth-order valence-corrected chi connectivity index (χ4v) is 10.1. The van der Waals surface area contributed by atoms with Crippen LogP contribution >= 0.6 is 0 Å². The Hall–Kier alpha value is -7.95. The van der Waals surface area contributed by atoms with E-state index in [1.807, 2.05) is 18.2 Å². The predicted molar refractivity (Wildman–Crippen MR) is 244 cm³/mol. The minimum atomic E-state index is -0.585. The molecule has 0 atom stereocenters. The fraction of sp³-hybridized carbons (Fsp3) is 0.0179. The van der Waals surface area contributed by atoms with Crippen molar-refractivity contribution in [2.45, 2.75) is 5.41 Å². The molecule has 0 amide bonds. The van der Waals surface area contributed by atoms with E-state index >= 15 is 0 Å². The van der Waals surface area contributed by atoms with Crippen LogP contribution in [0.5, 0.6) is 11.5 Å². The molecular weight excluding hydrogens is 731 g/mol. The maximum atomic E-state index is 7.25. The third kappa shape index (κ3) is 4.59. The van der Waals surface area contributed by atoms with E-state index in [9.17, 15) is 0 Å². The van der Waals surface area contributed by atoms with Gasteiger partial charge in [0.05, 0.1) is 39.0 Å². The summed E-state index contributed by atoms with van der Waals surface area (Å²) in [5, 5.41) is 5.19. The second kappa shape index (κ2) is 12.5. The van der Waals surface area contributed by atoms with E-state index in [1.54, 1.807) is 0 Å². The zero-order chi connectivity index (χ0) is 39.4. The van der Waals surface area contributed by atoms with E-state index in [4.69, 9.17) is 19.7 Å². The summed E-state index contributed by atoms with van der Waals surface area (Å²) in [6, 6.07) is 71.1. The first kappa shape index (κ1) is 33.1. The van der Waals surface area contributed by atoms with E-state index in [2.05, 4.69) is 182 Å². The first-order valence-corrected chi connectivity index (χ1v) is 20.4. The fourth-order valence-electron chi connectivity index (χ4n) is 10.1. The molecule has 1 spiro atoms. The Balaban J connectivity index is 1.10. The number of benzene rings is 8. The number of rotatable bonds is 3. The molecule has 0 saturated heterocycles. The number of hydrogen-bond acceptors (Lipinski definition) is 4. The molecular formula is C56H33N3O. The summed E-state index contributed by atoms with van der Waals surface area (Å²) < 4.78 is 7.25. The highest BCUT2D eigenvalue weighted by Crippen LogP contribution is 2.63. The maximum Gasteiger partial charge on any atom is 0.140 e. The van der Waals surface area contributed by atoms with Gasteiger partial charge in [-0.05, 0) is 52.6 Å².